The number of aromatic nitrogens is 8. The first-order valence-corrected chi connectivity index (χ1v) is 36.3. The summed E-state index contributed by atoms with van der Waals surface area (Å²) in [6, 6.07) is 25.2. The second kappa shape index (κ2) is 38.4. The number of anilines is 2. The lowest BCUT2D eigenvalue weighted by Gasteiger charge is -2.45. The van der Waals surface area contributed by atoms with Crippen molar-refractivity contribution in [2.24, 2.45) is 0 Å². The third-order valence-corrected chi connectivity index (χ3v) is 21.2. The summed E-state index contributed by atoms with van der Waals surface area (Å²) in [5.74, 6) is 0.610. The molecule has 8 rings (SSSR count). The predicted octanol–water partition coefficient (Wildman–Crippen LogP) is 14.7. The Bertz CT molecular complexity index is 3450. The Morgan fingerprint density at radius 1 is 0.602 bits per heavy atom. The van der Waals surface area contributed by atoms with Crippen molar-refractivity contribution in [2.75, 3.05) is 37.1 Å². The SMILES string of the molecule is C.CC(C)N(C(C)C)P(OCCC#N)N(C(C)C)C(C)C.CC[C@H]1O[C@@H](n2nnc3c(NC(=O)COc4ccc(C(C)(C)C)cc4)ccnc32)C[C@@H]1O.CC[C@H]1O[C@@H](n2nnc3c(NC(=O)COc4ccc(C(C)(C)C)cc4)ccnc32)C[C@@H]1OP(OCCC#N)N(C(C)C)C(C)C. The molecule has 4 aromatic heterocycles. The number of rotatable bonds is 29. The molecule has 0 saturated carbocycles. The minimum absolute atomic E-state index is 0. The van der Waals surface area contributed by atoms with Gasteiger partial charge in [-0.05, 0) is 154 Å². The van der Waals surface area contributed by atoms with E-state index < -0.39 is 35.5 Å². The molecule has 2 saturated heterocycles. The lowest BCUT2D eigenvalue weighted by molar-refractivity contribution is -0.118. The maximum Gasteiger partial charge on any atom is 0.262 e. The molecule has 2 amide bonds. The summed E-state index contributed by atoms with van der Waals surface area (Å²) in [6.07, 6.45) is 4.13. The number of ether oxygens (including phenoxy) is 4. The highest BCUT2D eigenvalue weighted by Gasteiger charge is 2.42. The van der Waals surface area contributed by atoms with Crippen molar-refractivity contribution in [3.63, 3.8) is 0 Å². The van der Waals surface area contributed by atoms with Gasteiger partial charge in [-0.25, -0.2) is 24.0 Å². The molecule has 2 aliphatic rings. The zero-order valence-corrected chi connectivity index (χ0v) is 62.5. The highest BCUT2D eigenvalue weighted by Crippen LogP contribution is 2.52. The third-order valence-electron chi connectivity index (χ3n) is 16.0. The minimum atomic E-state index is -1.43. The Morgan fingerprint density at radius 2 is 0.990 bits per heavy atom. The molecule has 98 heavy (non-hydrogen) atoms. The number of hydrogen-bond donors (Lipinski definition) is 3. The van der Waals surface area contributed by atoms with Crippen LogP contribution in [0.4, 0.5) is 11.4 Å². The van der Waals surface area contributed by atoms with Crippen LogP contribution in [0.2, 0.25) is 0 Å². The van der Waals surface area contributed by atoms with Crippen molar-refractivity contribution in [1.82, 2.24) is 54.0 Å². The van der Waals surface area contributed by atoms with Crippen molar-refractivity contribution in [3.8, 4) is 23.6 Å². The van der Waals surface area contributed by atoms with Crippen LogP contribution in [0.1, 0.15) is 208 Å². The Hall–Kier alpha value is -6.44. The molecule has 1 unspecified atom stereocenters. The number of amides is 2. The highest BCUT2D eigenvalue weighted by atomic mass is 31.2. The van der Waals surface area contributed by atoms with Gasteiger partial charge in [0.2, 0.25) is 0 Å². The van der Waals surface area contributed by atoms with Crippen LogP contribution in [-0.2, 0) is 43.5 Å². The van der Waals surface area contributed by atoms with Crippen LogP contribution in [0.5, 0.6) is 11.5 Å². The van der Waals surface area contributed by atoms with Gasteiger partial charge in [0.15, 0.2) is 56.4 Å². The van der Waals surface area contributed by atoms with Crippen LogP contribution in [0, 0.1) is 22.7 Å². The summed E-state index contributed by atoms with van der Waals surface area (Å²) in [4.78, 5) is 34.1. The predicted molar refractivity (Wildman–Crippen MR) is 387 cm³/mol. The summed E-state index contributed by atoms with van der Waals surface area (Å²) in [6.45, 7) is 43.5. The van der Waals surface area contributed by atoms with Crippen molar-refractivity contribution < 1.29 is 47.2 Å². The monoisotopic (exact) mass is 1400 g/mol. The van der Waals surface area contributed by atoms with E-state index in [0.29, 0.717) is 115 Å². The number of nitrogens with one attached hydrogen (secondary N) is 2. The van der Waals surface area contributed by atoms with Gasteiger partial charge in [-0.1, -0.05) is 97.5 Å². The number of nitrogens with zero attached hydrogens (tertiary/aromatic N) is 13. The number of carbonyl (C=O) groups is 2. The number of benzene rings is 2. The van der Waals surface area contributed by atoms with Gasteiger partial charge in [0.05, 0.1) is 74.0 Å². The van der Waals surface area contributed by atoms with E-state index in [2.05, 4.69) is 199 Å². The van der Waals surface area contributed by atoms with Gasteiger partial charge in [0.25, 0.3) is 20.3 Å². The van der Waals surface area contributed by atoms with E-state index in [-0.39, 0.29) is 73.7 Å². The molecule has 0 aliphatic carbocycles. The van der Waals surface area contributed by atoms with Gasteiger partial charge in [0.1, 0.15) is 11.5 Å². The third kappa shape index (κ3) is 22.8. The van der Waals surface area contributed by atoms with Gasteiger partial charge in [-0.15, -0.1) is 10.2 Å². The van der Waals surface area contributed by atoms with Crippen LogP contribution in [0.15, 0.2) is 73.1 Å². The molecule has 6 heterocycles. The Balaban J connectivity index is 0.000000286. The van der Waals surface area contributed by atoms with Crippen molar-refractivity contribution in [2.45, 2.75) is 268 Å². The molecular weight excluding hydrogens is 1280 g/mol. The zero-order valence-electron chi connectivity index (χ0n) is 60.8. The standard InChI is InChI=1S/C32H46N7O5P.C23H29N5O4.C15H32N3OP.CH4/c1-9-26-27(44-45(42-18-10-16-33)39(21(2)3)22(4)5)19-29(43-26)38-31-30(36-37-38)25(15-17-34-31)35-28(40)20-41-24-13-11-23(12-14-24)32(6,7)8;1-5-18-17(29)12-20(32-18)28-22-21(26-27-28)16(10-11-24-22)25-19(30)13-31-15-8-6-14(7-9-15)23(2,3)4;1-12(2)17(13(3)4)20(19-11-9-10-16)18(14(5)6)15(7)8;/h11-15,17,21-22,26-27,29H,9-10,18-20H2,1-8H3,(H,34,35,40);6-11,17-18,20,29H,5,12-13H2,1-4H3,(H,24,25,30);12-15H,9,11H2,1-8H3;1H4/t26-,27+,29-,45?;17-,18+,20+;;/m10../s1. The number of aliphatic hydroxyl groups is 1. The summed E-state index contributed by atoms with van der Waals surface area (Å²) in [5, 5.41) is 50.7. The van der Waals surface area contributed by atoms with Crippen LogP contribution in [0.25, 0.3) is 22.3 Å². The Morgan fingerprint density at radius 3 is 1.36 bits per heavy atom. The maximum absolute atomic E-state index is 12.8. The van der Waals surface area contributed by atoms with E-state index >= 15 is 0 Å². The van der Waals surface area contributed by atoms with Crippen LogP contribution in [0.3, 0.4) is 0 Å². The molecule has 540 valence electrons. The highest BCUT2D eigenvalue weighted by molar-refractivity contribution is 7.47. The summed E-state index contributed by atoms with van der Waals surface area (Å²) < 4.78 is 52.8. The smallest absolute Gasteiger partial charge is 0.262 e. The molecule has 2 fully saturated rings. The quantitative estimate of drug-likeness (QED) is 0.0290. The molecule has 0 spiro atoms. The van der Waals surface area contributed by atoms with E-state index in [0.717, 1.165) is 6.42 Å². The Kier molecular flexibility index (Phi) is 32.2. The fraction of sp³-hybridized carbons (Fsp3) is 0.634. The van der Waals surface area contributed by atoms with Crippen LogP contribution in [-0.4, -0.2) is 158 Å². The summed E-state index contributed by atoms with van der Waals surface area (Å²) >= 11 is 0. The number of pyridine rings is 2. The first kappa shape index (κ1) is 82.2. The van der Waals surface area contributed by atoms with Crippen molar-refractivity contribution in [1.29, 1.82) is 10.5 Å². The molecule has 0 bridgehead atoms. The van der Waals surface area contributed by atoms with Gasteiger partial charge in [-0.3, -0.25) is 9.59 Å². The summed E-state index contributed by atoms with van der Waals surface area (Å²) in [7, 11) is -2.27. The molecule has 7 atom stereocenters. The van der Waals surface area contributed by atoms with Crippen LogP contribution < -0.4 is 20.1 Å². The molecule has 0 radical (unpaired) electrons. The fourth-order valence-electron chi connectivity index (χ4n) is 11.4. The van der Waals surface area contributed by atoms with Crippen molar-refractivity contribution >= 4 is 62.5 Å². The molecular formula is C71H111N15O10P2. The second-order valence-electron chi connectivity index (χ2n) is 27.8. The number of nitriles is 2. The second-order valence-corrected chi connectivity index (χ2v) is 30.9. The lowest BCUT2D eigenvalue weighted by atomic mass is 9.87. The van der Waals surface area contributed by atoms with E-state index in [1.807, 2.05) is 55.5 Å². The Labute approximate surface area is 584 Å². The molecule has 3 N–H and O–H groups in total. The van der Waals surface area contributed by atoms with E-state index in [1.165, 1.54) is 11.1 Å². The van der Waals surface area contributed by atoms with Gasteiger partial charge >= 0.3 is 0 Å². The number of hydrogen-bond acceptors (Lipinski definition) is 21. The largest absolute Gasteiger partial charge is 0.484 e. The normalized spacial score (nSPS) is 18.4. The topological polar surface area (TPSA) is 288 Å². The number of aliphatic hydroxyl groups excluding tert-OH is 1. The van der Waals surface area contributed by atoms with E-state index in [4.69, 9.17) is 43.0 Å². The lowest BCUT2D eigenvalue weighted by Crippen LogP contribution is -2.43. The van der Waals surface area contributed by atoms with Crippen molar-refractivity contribution in [3.05, 3.63) is 84.2 Å². The number of carbonyl (C=O) groups excluding carboxylic acids is 2. The zero-order chi connectivity index (χ0) is 71.5. The average Bonchev–Trinajstić information content (AvgIpc) is 1.65. The van der Waals surface area contributed by atoms with Gasteiger partial charge in [-0.2, -0.15) is 19.9 Å². The maximum atomic E-state index is 12.8. The van der Waals surface area contributed by atoms with Gasteiger partial charge < -0.3 is 48.3 Å². The fourth-order valence-corrected chi connectivity index (χ4v) is 15.5. The first-order valence-electron chi connectivity index (χ1n) is 34.0. The average molecular weight is 1400 g/mol. The molecule has 25 nitrogen and oxygen atoms in total. The van der Waals surface area contributed by atoms with E-state index in [1.54, 1.807) is 33.9 Å². The first-order chi connectivity index (χ1) is 45.9. The van der Waals surface area contributed by atoms with Crippen LogP contribution >= 0.6 is 17.0 Å². The van der Waals surface area contributed by atoms with Gasteiger partial charge in [0, 0.05) is 61.5 Å². The number of fused-ring (bicyclic) bond motifs is 2. The molecule has 6 aromatic rings. The minimum Gasteiger partial charge on any atom is -0.484 e. The molecule has 27 heteroatoms. The molecule has 2 aliphatic heterocycles. The molecule has 2 aromatic carbocycles. The van der Waals surface area contributed by atoms with E-state index in [9.17, 15) is 14.7 Å². The summed E-state index contributed by atoms with van der Waals surface area (Å²) in [5.41, 5.74) is 5.33.